The van der Waals surface area contributed by atoms with Gasteiger partial charge in [0.15, 0.2) is 0 Å². The van der Waals surface area contributed by atoms with Gasteiger partial charge in [-0.2, -0.15) is 0 Å². The van der Waals surface area contributed by atoms with Gasteiger partial charge in [-0.3, -0.25) is 4.98 Å². The second kappa shape index (κ2) is 5.51. The van der Waals surface area contributed by atoms with Gasteiger partial charge in [-0.1, -0.05) is 12.1 Å². The first-order valence-corrected chi connectivity index (χ1v) is 6.84. The molecule has 0 unspecified atom stereocenters. The van der Waals surface area contributed by atoms with E-state index in [1.165, 1.54) is 0 Å². The second-order valence-electron chi connectivity index (χ2n) is 4.44. The Morgan fingerprint density at radius 1 is 1.25 bits per heavy atom. The van der Waals surface area contributed by atoms with Crippen LogP contribution in [0.1, 0.15) is 11.4 Å². The Balaban J connectivity index is 2.13. The molecular weight excluding hydrogens is 274 g/mol. The fourth-order valence-corrected chi connectivity index (χ4v) is 2.49. The van der Waals surface area contributed by atoms with Gasteiger partial charge in [0.2, 0.25) is 0 Å². The predicted octanol–water partition coefficient (Wildman–Crippen LogP) is 3.23. The number of nitrogens with zero attached hydrogens (tertiary/aromatic N) is 3. The summed E-state index contributed by atoms with van der Waals surface area (Å²) in [6, 6.07) is 9.85. The number of fused-ring (bicyclic) bond motifs is 1. The molecule has 0 atom stereocenters. The van der Waals surface area contributed by atoms with Crippen molar-refractivity contribution in [2.45, 2.75) is 12.4 Å². The first-order valence-electron chi connectivity index (χ1n) is 6.30. The minimum atomic E-state index is 0.359. The number of alkyl halides is 1. The molecule has 3 aromatic rings. The van der Waals surface area contributed by atoms with E-state index in [2.05, 4.69) is 14.5 Å². The van der Waals surface area contributed by atoms with E-state index >= 15 is 0 Å². The van der Waals surface area contributed by atoms with Crippen LogP contribution in [-0.2, 0) is 12.4 Å². The Morgan fingerprint density at radius 2 is 2.15 bits per heavy atom. The van der Waals surface area contributed by atoms with Gasteiger partial charge in [-0.25, -0.2) is 4.98 Å². The van der Waals surface area contributed by atoms with Crippen molar-refractivity contribution >= 4 is 22.6 Å². The first kappa shape index (κ1) is 12.9. The SMILES string of the molecule is COc1cccc2c1nc(CCl)n2Cc1cccnc1. The van der Waals surface area contributed by atoms with E-state index in [0.717, 1.165) is 28.2 Å². The third-order valence-electron chi connectivity index (χ3n) is 3.22. The van der Waals surface area contributed by atoms with Crippen molar-refractivity contribution < 1.29 is 4.74 Å². The monoisotopic (exact) mass is 287 g/mol. The Labute approximate surface area is 122 Å². The molecule has 0 bridgehead atoms. The summed E-state index contributed by atoms with van der Waals surface area (Å²) < 4.78 is 7.46. The number of benzene rings is 1. The minimum absolute atomic E-state index is 0.359. The molecule has 20 heavy (non-hydrogen) atoms. The van der Waals surface area contributed by atoms with E-state index in [0.29, 0.717) is 12.4 Å². The molecule has 2 aromatic heterocycles. The van der Waals surface area contributed by atoms with Crippen molar-refractivity contribution in [2.24, 2.45) is 0 Å². The molecule has 0 spiro atoms. The van der Waals surface area contributed by atoms with Crippen LogP contribution >= 0.6 is 11.6 Å². The maximum absolute atomic E-state index is 6.03. The highest BCUT2D eigenvalue weighted by Gasteiger charge is 2.13. The van der Waals surface area contributed by atoms with Gasteiger partial charge in [0.1, 0.15) is 17.1 Å². The van der Waals surface area contributed by atoms with Crippen LogP contribution in [0.2, 0.25) is 0 Å². The van der Waals surface area contributed by atoms with Crippen LogP contribution in [0.25, 0.3) is 11.0 Å². The highest BCUT2D eigenvalue weighted by molar-refractivity contribution is 6.16. The third-order valence-corrected chi connectivity index (χ3v) is 3.46. The van der Waals surface area contributed by atoms with Crippen LogP contribution < -0.4 is 4.74 Å². The molecule has 2 heterocycles. The van der Waals surface area contributed by atoms with Gasteiger partial charge in [-0.05, 0) is 23.8 Å². The van der Waals surface area contributed by atoms with Crippen LogP contribution in [0, 0.1) is 0 Å². The highest BCUT2D eigenvalue weighted by Crippen LogP contribution is 2.27. The topological polar surface area (TPSA) is 39.9 Å². The number of imidazole rings is 1. The molecule has 102 valence electrons. The molecule has 0 aliphatic carbocycles. The molecule has 4 nitrogen and oxygen atoms in total. The second-order valence-corrected chi connectivity index (χ2v) is 4.70. The summed E-state index contributed by atoms with van der Waals surface area (Å²) in [5.41, 5.74) is 2.97. The van der Waals surface area contributed by atoms with E-state index < -0.39 is 0 Å². The van der Waals surface area contributed by atoms with E-state index in [1.54, 1.807) is 13.3 Å². The largest absolute Gasteiger partial charge is 0.494 e. The summed E-state index contributed by atoms with van der Waals surface area (Å²) >= 11 is 6.03. The number of para-hydroxylation sites is 1. The van der Waals surface area contributed by atoms with Crippen molar-refractivity contribution in [1.82, 2.24) is 14.5 Å². The number of aromatic nitrogens is 3. The fourth-order valence-electron chi connectivity index (χ4n) is 2.29. The maximum Gasteiger partial charge on any atom is 0.146 e. The zero-order chi connectivity index (χ0) is 13.9. The average molecular weight is 288 g/mol. The normalized spacial score (nSPS) is 10.9. The van der Waals surface area contributed by atoms with E-state index in [4.69, 9.17) is 16.3 Å². The van der Waals surface area contributed by atoms with E-state index in [-0.39, 0.29) is 0 Å². The van der Waals surface area contributed by atoms with Gasteiger partial charge < -0.3 is 9.30 Å². The lowest BCUT2D eigenvalue weighted by molar-refractivity contribution is 0.419. The molecule has 0 fully saturated rings. The van der Waals surface area contributed by atoms with E-state index in [9.17, 15) is 0 Å². The van der Waals surface area contributed by atoms with Crippen molar-refractivity contribution in [3.05, 3.63) is 54.1 Å². The number of rotatable bonds is 4. The Kier molecular flexibility index (Phi) is 3.56. The van der Waals surface area contributed by atoms with Crippen molar-refractivity contribution in [2.75, 3.05) is 7.11 Å². The van der Waals surface area contributed by atoms with Crippen molar-refractivity contribution in [1.29, 1.82) is 0 Å². The zero-order valence-electron chi connectivity index (χ0n) is 11.1. The molecule has 0 N–H and O–H groups in total. The fraction of sp³-hybridized carbons (Fsp3) is 0.200. The summed E-state index contributed by atoms with van der Waals surface area (Å²) in [7, 11) is 1.65. The van der Waals surface area contributed by atoms with Crippen LogP contribution in [0.3, 0.4) is 0 Å². The molecule has 0 radical (unpaired) electrons. The summed E-state index contributed by atoms with van der Waals surface area (Å²) in [5.74, 6) is 1.95. The lowest BCUT2D eigenvalue weighted by atomic mass is 10.2. The number of hydrogen-bond acceptors (Lipinski definition) is 3. The van der Waals surface area contributed by atoms with E-state index in [1.807, 2.05) is 36.5 Å². The molecule has 0 saturated heterocycles. The van der Waals surface area contributed by atoms with Crippen LogP contribution in [0.4, 0.5) is 0 Å². The molecule has 1 aromatic carbocycles. The molecule has 0 saturated carbocycles. The van der Waals surface area contributed by atoms with Gasteiger partial charge >= 0.3 is 0 Å². The zero-order valence-corrected chi connectivity index (χ0v) is 11.8. The third kappa shape index (κ3) is 2.23. The summed E-state index contributed by atoms with van der Waals surface area (Å²) in [5, 5.41) is 0. The summed E-state index contributed by atoms with van der Waals surface area (Å²) in [4.78, 5) is 8.73. The smallest absolute Gasteiger partial charge is 0.146 e. The van der Waals surface area contributed by atoms with Crippen LogP contribution in [0.5, 0.6) is 5.75 Å². The number of ether oxygens (including phenoxy) is 1. The standard InChI is InChI=1S/C15H14ClN3O/c1-20-13-6-2-5-12-15(13)18-14(8-16)19(12)10-11-4-3-7-17-9-11/h2-7,9H,8,10H2,1H3. The average Bonchev–Trinajstić information content (AvgIpc) is 2.86. The van der Waals surface area contributed by atoms with Gasteiger partial charge in [0, 0.05) is 12.4 Å². The molecule has 5 heteroatoms. The van der Waals surface area contributed by atoms with Gasteiger partial charge in [0.25, 0.3) is 0 Å². The number of halogens is 1. The summed E-state index contributed by atoms with van der Waals surface area (Å²) in [6.07, 6.45) is 3.62. The molecule has 3 rings (SSSR count). The Bertz CT molecular complexity index is 725. The molecular formula is C15H14ClN3O. The van der Waals surface area contributed by atoms with Gasteiger partial charge in [0.05, 0.1) is 25.1 Å². The Hall–Kier alpha value is -2.07. The van der Waals surface area contributed by atoms with Crippen LogP contribution in [-0.4, -0.2) is 21.6 Å². The minimum Gasteiger partial charge on any atom is -0.494 e. The number of pyridine rings is 1. The van der Waals surface area contributed by atoms with Gasteiger partial charge in [-0.15, -0.1) is 11.6 Å². The highest BCUT2D eigenvalue weighted by atomic mass is 35.5. The molecule has 0 aliphatic heterocycles. The molecule has 0 aliphatic rings. The van der Waals surface area contributed by atoms with Crippen molar-refractivity contribution in [3.63, 3.8) is 0 Å². The summed E-state index contributed by atoms with van der Waals surface area (Å²) in [6.45, 7) is 0.694. The molecule has 0 amide bonds. The number of methoxy groups -OCH3 is 1. The maximum atomic E-state index is 6.03. The van der Waals surface area contributed by atoms with Crippen LogP contribution in [0.15, 0.2) is 42.7 Å². The lowest BCUT2D eigenvalue weighted by Gasteiger charge is -2.07. The lowest BCUT2D eigenvalue weighted by Crippen LogP contribution is -2.03. The van der Waals surface area contributed by atoms with Crippen molar-refractivity contribution in [3.8, 4) is 5.75 Å². The predicted molar refractivity (Wildman–Crippen MR) is 79.2 cm³/mol. The number of hydrogen-bond donors (Lipinski definition) is 0. The quantitative estimate of drug-likeness (QED) is 0.692. The Morgan fingerprint density at radius 3 is 2.85 bits per heavy atom. The first-order chi connectivity index (χ1) is 9.83.